The molecule has 15 nitrogen and oxygen atoms in total. The molecule has 3 aliphatic rings. The number of hydrogen-bond donors (Lipinski definition) is 5. The molecule has 0 radical (unpaired) electrons. The number of allylic oxidation sites excluding steroid dienone is 2. The highest BCUT2D eigenvalue weighted by Gasteiger charge is 2.49. The predicted molar refractivity (Wildman–Crippen MR) is 216 cm³/mol. The number of phenolic OH excluding ortho intramolecular Hbond substituents is 2. The van der Waals surface area contributed by atoms with Crippen LogP contribution in [0.4, 0.5) is 5.69 Å². The number of ether oxygens (including phenoxy) is 4. The number of aliphatic hydroxyl groups excluding tert-OH is 2. The van der Waals surface area contributed by atoms with Crippen LogP contribution in [0.15, 0.2) is 46.1 Å². The minimum absolute atomic E-state index is 0.0398. The Kier molecular flexibility index (Phi) is 13.7. The van der Waals surface area contributed by atoms with Crippen molar-refractivity contribution in [1.82, 2.24) is 4.90 Å². The van der Waals surface area contributed by atoms with Gasteiger partial charge in [0.2, 0.25) is 0 Å². The molecule has 1 amide bonds. The van der Waals surface area contributed by atoms with Gasteiger partial charge in [0.25, 0.3) is 11.7 Å². The van der Waals surface area contributed by atoms with Crippen LogP contribution in [0.3, 0.4) is 0 Å². The van der Waals surface area contributed by atoms with Gasteiger partial charge >= 0.3 is 11.8 Å². The monoisotopic (exact) mass is 806 g/mol. The van der Waals surface area contributed by atoms with Gasteiger partial charge in [0, 0.05) is 74.2 Å². The van der Waals surface area contributed by atoms with E-state index in [4.69, 9.17) is 23.9 Å². The zero-order chi connectivity index (χ0) is 42.8. The molecule has 2 aromatic carbocycles. The second kappa shape index (κ2) is 18.0. The van der Waals surface area contributed by atoms with Gasteiger partial charge in [-0.25, -0.2) is 4.99 Å². The van der Waals surface area contributed by atoms with Crippen LogP contribution in [0.1, 0.15) is 70.8 Å². The van der Waals surface area contributed by atoms with E-state index >= 15 is 0 Å². The summed E-state index contributed by atoms with van der Waals surface area (Å²) in [6.45, 7) is 14.8. The molecule has 15 heteroatoms. The van der Waals surface area contributed by atoms with Crippen molar-refractivity contribution in [2.24, 2.45) is 33.7 Å². The van der Waals surface area contributed by atoms with Gasteiger partial charge in [0.05, 0.1) is 47.8 Å². The van der Waals surface area contributed by atoms with Crippen LogP contribution in [0.5, 0.6) is 17.2 Å². The minimum Gasteiger partial charge on any atom is -0.507 e. The molecule has 0 saturated heterocycles. The molecule has 3 heterocycles. The number of phenols is 2. The maximum atomic E-state index is 14.6. The van der Waals surface area contributed by atoms with E-state index in [9.17, 15) is 34.8 Å². The summed E-state index contributed by atoms with van der Waals surface area (Å²) >= 11 is 0. The van der Waals surface area contributed by atoms with Crippen LogP contribution < -0.4 is 20.8 Å². The number of carbonyl (C=O) groups is 3. The third kappa shape index (κ3) is 8.63. The molecule has 5 rings (SSSR count). The fourth-order valence-corrected chi connectivity index (χ4v) is 8.01. The molecule has 4 bridgehead atoms. The van der Waals surface area contributed by atoms with Crippen molar-refractivity contribution in [3.8, 4) is 17.2 Å². The number of nitrogens with zero attached hydrogens (tertiary/aromatic N) is 3. The normalized spacial score (nSPS) is 32.4. The van der Waals surface area contributed by atoms with Crippen LogP contribution >= 0.6 is 0 Å². The quantitative estimate of drug-likeness (QED) is 0.217. The van der Waals surface area contributed by atoms with E-state index in [0.29, 0.717) is 25.2 Å². The molecule has 0 fully saturated rings. The Morgan fingerprint density at radius 3 is 2.36 bits per heavy atom. The molecule has 0 unspecified atom stereocenters. The van der Waals surface area contributed by atoms with Crippen molar-refractivity contribution >= 4 is 34.1 Å². The first-order chi connectivity index (χ1) is 27.3. The Morgan fingerprint density at radius 2 is 1.69 bits per heavy atom. The first kappa shape index (κ1) is 44.3. The molecule has 316 valence electrons. The van der Waals surface area contributed by atoms with E-state index in [-0.39, 0.29) is 56.2 Å². The molecular formula is C43H58N4O11. The number of nitrogens with one attached hydrogen (secondary N) is 1. The zero-order valence-electron chi connectivity index (χ0n) is 35.0. The molecular weight excluding hydrogens is 748 g/mol. The lowest BCUT2D eigenvalue weighted by atomic mass is 9.78. The van der Waals surface area contributed by atoms with Gasteiger partial charge < -0.3 is 49.6 Å². The first-order valence-electron chi connectivity index (χ1n) is 19.8. The Bertz CT molecular complexity index is 2150. The third-order valence-corrected chi connectivity index (χ3v) is 11.7. The van der Waals surface area contributed by atoms with Crippen molar-refractivity contribution in [2.75, 3.05) is 45.7 Å². The van der Waals surface area contributed by atoms with Gasteiger partial charge in [0.15, 0.2) is 5.75 Å². The number of hydrogen-bond acceptors (Lipinski definition) is 14. The molecule has 58 heavy (non-hydrogen) atoms. The molecule has 3 aliphatic heterocycles. The summed E-state index contributed by atoms with van der Waals surface area (Å²) < 4.78 is 23.9. The lowest BCUT2D eigenvalue weighted by molar-refractivity contribution is -0.160. The SMILES string of the molecule is CO[C@H]1/C=C/O[C@@]2(C)Oc3c(C)c(O)c4c(O)c(c5c(c4c3C2=O)NCCCN(C)CCN=5)=NC(=O)/C(C)=C\C=C\[C@H](C)[C@H](O)[C@@H](C)[C@@H](O)[C@@H](C)[C@H](OC(C)=O)[C@@H]1C. The van der Waals surface area contributed by atoms with Crippen LogP contribution in [-0.4, -0.2) is 114 Å². The number of esters is 1. The van der Waals surface area contributed by atoms with Crippen molar-refractivity contribution in [3.05, 3.63) is 58.0 Å². The van der Waals surface area contributed by atoms with Gasteiger partial charge in [-0.15, -0.1) is 0 Å². The minimum atomic E-state index is -1.95. The fraction of sp³-hybridized carbons (Fsp3) is 0.558. The average Bonchev–Trinajstić information content (AvgIpc) is 3.45. The van der Waals surface area contributed by atoms with Gasteiger partial charge in [-0.05, 0) is 39.9 Å². The lowest BCUT2D eigenvalue weighted by Gasteiger charge is -2.38. The molecule has 0 saturated carbocycles. The summed E-state index contributed by atoms with van der Waals surface area (Å²) in [5.41, 5.74) is 0.675. The van der Waals surface area contributed by atoms with E-state index in [0.717, 1.165) is 6.54 Å². The summed E-state index contributed by atoms with van der Waals surface area (Å²) in [5, 5.41) is 50.0. The summed E-state index contributed by atoms with van der Waals surface area (Å²) in [6, 6.07) is 0. The summed E-state index contributed by atoms with van der Waals surface area (Å²) in [7, 11) is 3.43. The number of benzene rings is 2. The Hall–Kier alpha value is -4.83. The van der Waals surface area contributed by atoms with E-state index < -0.39 is 77.3 Å². The number of carbonyl (C=O) groups excluding carboxylic acids is 3. The number of methoxy groups -OCH3 is 1. The number of fused-ring (bicyclic) bond motifs is 1. The number of Topliss-reactive ketones (excluding diaryl/α,β-unsaturated/α-hetero) is 1. The smallest absolute Gasteiger partial charge is 0.312 e. The topological polar surface area (TPSA) is 209 Å². The Balaban J connectivity index is 1.78. The Labute approximate surface area is 338 Å². The molecule has 2 aromatic rings. The summed E-state index contributed by atoms with van der Waals surface area (Å²) in [6.07, 6.45) is 4.56. The van der Waals surface area contributed by atoms with Crippen LogP contribution in [0, 0.1) is 30.6 Å². The number of likely N-dealkylation sites (N-methyl/N-ethyl adjacent to an activating group) is 1. The van der Waals surface area contributed by atoms with Gasteiger partial charge in [0.1, 0.15) is 28.3 Å². The average molecular weight is 807 g/mol. The van der Waals surface area contributed by atoms with Crippen LogP contribution in [0.25, 0.3) is 10.8 Å². The molecule has 0 aromatic heterocycles. The highest BCUT2D eigenvalue weighted by atomic mass is 16.7. The fourth-order valence-electron chi connectivity index (χ4n) is 8.01. The number of rotatable bonds is 2. The van der Waals surface area contributed by atoms with Crippen molar-refractivity contribution in [2.45, 2.75) is 92.0 Å². The third-order valence-electron chi connectivity index (χ3n) is 11.7. The number of aliphatic hydroxyl groups is 2. The first-order valence-corrected chi connectivity index (χ1v) is 19.8. The van der Waals surface area contributed by atoms with E-state index in [1.165, 1.54) is 33.3 Å². The number of aromatic hydroxyl groups is 2. The number of anilines is 1. The maximum absolute atomic E-state index is 14.6. The standard InChI is InChI=1S/C43H58N4O11/c1-21-13-11-14-22(2)42(54)46-34-33-32(44-16-12-18-47(9)19-17-45-33)29-30(38(34)52)37(51)26(6)40-31(29)41(53)43(8,58-40)56-20-15-28(55-10)23(3)39(57-27(7)48)25(5)36(50)24(4)35(21)49/h11,13-15,20-21,23-25,28,35-36,39,44,49-52H,12,16-19H2,1-10H3/b13-11+,20-15+,22-14-,45-33?,46-34?/t21-,23+,24+,25+,28-,35-,36+,39+,43-/m0/s1. The van der Waals surface area contributed by atoms with Gasteiger partial charge in [-0.3, -0.25) is 19.4 Å². The molecule has 5 N–H and O–H groups in total. The van der Waals surface area contributed by atoms with E-state index in [2.05, 4.69) is 15.2 Å². The van der Waals surface area contributed by atoms with Crippen molar-refractivity contribution < 1.29 is 53.8 Å². The second-order valence-corrected chi connectivity index (χ2v) is 16.0. The molecule has 9 atom stereocenters. The maximum Gasteiger partial charge on any atom is 0.312 e. The largest absolute Gasteiger partial charge is 0.507 e. The molecule has 0 aliphatic carbocycles. The highest BCUT2D eigenvalue weighted by Crippen LogP contribution is 2.50. The van der Waals surface area contributed by atoms with Crippen molar-refractivity contribution in [1.29, 1.82) is 0 Å². The molecule has 0 spiro atoms. The number of amides is 1. The second-order valence-electron chi connectivity index (χ2n) is 16.0. The van der Waals surface area contributed by atoms with E-state index in [1.54, 1.807) is 59.8 Å². The lowest BCUT2D eigenvalue weighted by Crippen LogP contribution is -2.46. The van der Waals surface area contributed by atoms with Gasteiger partial charge in [-0.2, -0.15) is 0 Å². The highest BCUT2D eigenvalue weighted by molar-refractivity contribution is 6.21. The van der Waals surface area contributed by atoms with Crippen molar-refractivity contribution in [3.63, 3.8) is 0 Å². The van der Waals surface area contributed by atoms with Crippen LogP contribution in [0.2, 0.25) is 0 Å². The summed E-state index contributed by atoms with van der Waals surface area (Å²) in [4.78, 5) is 52.0. The predicted octanol–water partition coefficient (Wildman–Crippen LogP) is 3.62. The van der Waals surface area contributed by atoms with Crippen LogP contribution in [-0.2, 0) is 23.8 Å². The zero-order valence-corrected chi connectivity index (χ0v) is 35.0. The Morgan fingerprint density at radius 1 is 0.983 bits per heavy atom. The van der Waals surface area contributed by atoms with Gasteiger partial charge in [-0.1, -0.05) is 45.9 Å². The summed E-state index contributed by atoms with van der Waals surface area (Å²) in [5.74, 6) is -7.09. The van der Waals surface area contributed by atoms with E-state index in [1.807, 2.05) is 7.05 Å². The number of ketones is 1.